The van der Waals surface area contributed by atoms with Crippen LogP contribution >= 0.6 is 0 Å². The summed E-state index contributed by atoms with van der Waals surface area (Å²) in [4.78, 5) is 36.6. The first-order chi connectivity index (χ1) is 10.9. The monoisotopic (exact) mass is 320 g/mol. The summed E-state index contributed by atoms with van der Waals surface area (Å²) in [7, 11) is 1.21. The van der Waals surface area contributed by atoms with Crippen LogP contribution in [0.5, 0.6) is 0 Å². The maximum Gasteiger partial charge on any atom is 0.319 e. The Labute approximate surface area is 131 Å². The van der Waals surface area contributed by atoms with E-state index >= 15 is 0 Å². The van der Waals surface area contributed by atoms with Crippen molar-refractivity contribution in [1.29, 1.82) is 0 Å². The summed E-state index contributed by atoms with van der Waals surface area (Å²) in [6.07, 6.45) is 2.21. The summed E-state index contributed by atoms with van der Waals surface area (Å²) in [6, 6.07) is 3.12. The average molecular weight is 320 g/mol. The number of carbonyl (C=O) groups is 3. The van der Waals surface area contributed by atoms with E-state index in [1.54, 1.807) is 0 Å². The van der Waals surface area contributed by atoms with E-state index < -0.39 is 40.1 Å². The molecule has 2 bridgehead atoms. The highest BCUT2D eigenvalue weighted by Gasteiger charge is 2.60. The van der Waals surface area contributed by atoms with Gasteiger partial charge in [-0.05, 0) is 43.4 Å². The van der Waals surface area contributed by atoms with E-state index in [0.29, 0.717) is 12.8 Å². The number of halogens is 2. The van der Waals surface area contributed by atoms with Crippen LogP contribution in [0.3, 0.4) is 0 Å². The highest BCUT2D eigenvalue weighted by atomic mass is 19.1. The molecule has 0 saturated heterocycles. The van der Waals surface area contributed by atoms with Gasteiger partial charge < -0.3 is 4.74 Å². The van der Waals surface area contributed by atoms with Crippen molar-refractivity contribution in [2.45, 2.75) is 19.3 Å². The summed E-state index contributed by atoms with van der Waals surface area (Å²) in [6.45, 7) is 0. The fourth-order valence-corrected chi connectivity index (χ4v) is 3.58. The van der Waals surface area contributed by atoms with Gasteiger partial charge in [0, 0.05) is 5.57 Å². The third-order valence-corrected chi connectivity index (χ3v) is 4.72. The van der Waals surface area contributed by atoms with Crippen LogP contribution in [0.15, 0.2) is 29.8 Å². The van der Waals surface area contributed by atoms with Crippen molar-refractivity contribution in [3.8, 4) is 0 Å². The first-order valence-corrected chi connectivity index (χ1v) is 7.24. The molecule has 2 saturated carbocycles. The number of allylic oxidation sites excluding steroid dienone is 2. The molecule has 3 rings (SSSR count). The van der Waals surface area contributed by atoms with Gasteiger partial charge in [0.2, 0.25) is 0 Å². The highest BCUT2D eigenvalue weighted by molar-refractivity contribution is 6.19. The molecule has 0 spiro atoms. The molecule has 23 heavy (non-hydrogen) atoms. The van der Waals surface area contributed by atoms with Crippen LogP contribution in [0.25, 0.3) is 0 Å². The van der Waals surface area contributed by atoms with Crippen LogP contribution in [0.4, 0.5) is 8.78 Å². The van der Waals surface area contributed by atoms with E-state index in [2.05, 4.69) is 0 Å². The molecule has 0 N–H and O–H groups in total. The number of rotatable bonds is 3. The van der Waals surface area contributed by atoms with Gasteiger partial charge in [-0.1, -0.05) is 6.07 Å². The Bertz CT molecular complexity index is 733. The Morgan fingerprint density at radius 3 is 2.57 bits per heavy atom. The van der Waals surface area contributed by atoms with Gasteiger partial charge >= 0.3 is 5.97 Å². The molecule has 120 valence electrons. The Hall–Kier alpha value is -2.37. The summed E-state index contributed by atoms with van der Waals surface area (Å²) >= 11 is 0. The smallest absolute Gasteiger partial charge is 0.319 e. The Kier molecular flexibility index (Phi) is 3.62. The van der Waals surface area contributed by atoms with Crippen LogP contribution in [-0.4, -0.2) is 24.6 Å². The number of Topliss-reactive ketones (excluding diaryl/α,β-unsaturated/α-hetero) is 1. The molecule has 0 radical (unpaired) electrons. The zero-order valence-electron chi connectivity index (χ0n) is 12.4. The minimum absolute atomic E-state index is 0.161. The number of hydrogen-bond donors (Lipinski definition) is 0. The van der Waals surface area contributed by atoms with Crippen LogP contribution in [0, 0.1) is 23.0 Å². The van der Waals surface area contributed by atoms with Gasteiger partial charge in [-0.2, -0.15) is 0 Å². The molecule has 0 amide bonds. The van der Waals surface area contributed by atoms with E-state index in [4.69, 9.17) is 4.74 Å². The third kappa shape index (κ3) is 2.20. The molecule has 0 aromatic heterocycles. The van der Waals surface area contributed by atoms with Crippen molar-refractivity contribution < 1.29 is 27.9 Å². The number of benzene rings is 1. The molecule has 0 aliphatic heterocycles. The molecular weight excluding hydrogens is 306 g/mol. The molecule has 2 aliphatic carbocycles. The number of carbonyl (C=O) groups excluding carboxylic acids is 3. The highest BCUT2D eigenvalue weighted by Crippen LogP contribution is 2.55. The third-order valence-electron chi connectivity index (χ3n) is 4.72. The first kappa shape index (κ1) is 15.5. The van der Waals surface area contributed by atoms with E-state index in [1.165, 1.54) is 7.11 Å². The van der Waals surface area contributed by atoms with Gasteiger partial charge in [0.1, 0.15) is 17.0 Å². The molecule has 2 fully saturated rings. The predicted molar refractivity (Wildman–Crippen MR) is 75.6 cm³/mol. The maximum atomic E-state index is 13.7. The van der Waals surface area contributed by atoms with Gasteiger partial charge in [-0.25, -0.2) is 8.78 Å². The minimum Gasteiger partial charge on any atom is -0.468 e. The molecule has 2 atom stereocenters. The SMILES string of the molecule is COC(=O)[C@]12CC[C@H](C1)/C(=C/C(=O)c1c(F)cccc1F)C2=O. The average Bonchev–Trinajstić information content (AvgIpc) is 3.06. The number of hydrogen-bond acceptors (Lipinski definition) is 4. The van der Waals surface area contributed by atoms with Gasteiger partial charge in [0.15, 0.2) is 11.6 Å². The zero-order chi connectivity index (χ0) is 16.8. The van der Waals surface area contributed by atoms with E-state index in [9.17, 15) is 23.2 Å². The number of ketones is 2. The molecule has 2 aliphatic rings. The standard InChI is InChI=1S/C17H14F2O4/c1-23-16(22)17-6-5-9(8-17)10(15(17)21)7-13(20)14-11(18)3-2-4-12(14)19/h2-4,7,9H,5-6,8H2,1H3/b10-7-/t9-,17-/m1/s1. The van der Waals surface area contributed by atoms with Crippen molar-refractivity contribution >= 4 is 17.5 Å². The Morgan fingerprint density at radius 2 is 1.96 bits per heavy atom. The summed E-state index contributed by atoms with van der Waals surface area (Å²) < 4.78 is 32.0. The number of methoxy groups -OCH3 is 1. The largest absolute Gasteiger partial charge is 0.468 e. The number of esters is 1. The minimum atomic E-state index is -1.24. The van der Waals surface area contributed by atoms with Gasteiger partial charge in [-0.3, -0.25) is 14.4 Å². The fraction of sp³-hybridized carbons (Fsp3) is 0.353. The maximum absolute atomic E-state index is 13.7. The second-order valence-electron chi connectivity index (χ2n) is 5.90. The second kappa shape index (κ2) is 5.37. The predicted octanol–water partition coefficient (Wildman–Crippen LogP) is 2.62. The Balaban J connectivity index is 1.97. The fourth-order valence-electron chi connectivity index (χ4n) is 3.58. The van der Waals surface area contributed by atoms with Crippen LogP contribution < -0.4 is 0 Å². The second-order valence-corrected chi connectivity index (χ2v) is 5.90. The van der Waals surface area contributed by atoms with Gasteiger partial charge in [0.05, 0.1) is 12.7 Å². The molecule has 1 aromatic rings. The number of fused-ring (bicyclic) bond motifs is 2. The lowest BCUT2D eigenvalue weighted by Crippen LogP contribution is -2.36. The normalized spacial score (nSPS) is 27.5. The van der Waals surface area contributed by atoms with Crippen molar-refractivity contribution in [1.82, 2.24) is 0 Å². The van der Waals surface area contributed by atoms with Crippen molar-refractivity contribution in [2.24, 2.45) is 11.3 Å². The van der Waals surface area contributed by atoms with E-state index in [1.807, 2.05) is 0 Å². The van der Waals surface area contributed by atoms with Crippen molar-refractivity contribution in [3.05, 3.63) is 47.0 Å². The summed E-state index contributed by atoms with van der Waals surface area (Å²) in [5, 5.41) is 0. The molecule has 4 nitrogen and oxygen atoms in total. The Morgan fingerprint density at radius 1 is 1.30 bits per heavy atom. The van der Waals surface area contributed by atoms with Crippen molar-refractivity contribution in [2.75, 3.05) is 7.11 Å². The van der Waals surface area contributed by atoms with Crippen LogP contribution in [-0.2, 0) is 14.3 Å². The van der Waals surface area contributed by atoms with E-state index in [-0.39, 0.29) is 17.9 Å². The summed E-state index contributed by atoms with van der Waals surface area (Å²) in [5.41, 5.74) is -1.77. The van der Waals surface area contributed by atoms with Crippen molar-refractivity contribution in [3.63, 3.8) is 0 Å². The zero-order valence-corrected chi connectivity index (χ0v) is 12.4. The lowest BCUT2D eigenvalue weighted by Gasteiger charge is -2.22. The summed E-state index contributed by atoms with van der Waals surface area (Å²) in [5.74, 6) is -4.20. The van der Waals surface area contributed by atoms with Gasteiger partial charge in [0.25, 0.3) is 0 Å². The molecular formula is C17H14F2O4. The molecule has 6 heteroatoms. The molecule has 0 heterocycles. The molecule has 1 aromatic carbocycles. The van der Waals surface area contributed by atoms with Crippen LogP contribution in [0.2, 0.25) is 0 Å². The van der Waals surface area contributed by atoms with Gasteiger partial charge in [-0.15, -0.1) is 0 Å². The van der Waals surface area contributed by atoms with E-state index in [0.717, 1.165) is 24.3 Å². The quantitative estimate of drug-likeness (QED) is 0.372. The number of ether oxygens (including phenoxy) is 1. The van der Waals surface area contributed by atoms with Crippen LogP contribution in [0.1, 0.15) is 29.6 Å². The lowest BCUT2D eigenvalue weighted by molar-refractivity contribution is -0.155. The topological polar surface area (TPSA) is 60.4 Å². The molecule has 0 unspecified atom stereocenters. The first-order valence-electron chi connectivity index (χ1n) is 7.24. The lowest BCUT2D eigenvalue weighted by atomic mass is 9.81.